The van der Waals surface area contributed by atoms with E-state index in [1.165, 1.54) is 0 Å². The lowest BCUT2D eigenvalue weighted by Gasteiger charge is -2.40. The van der Waals surface area contributed by atoms with E-state index in [1.807, 2.05) is 42.5 Å². The van der Waals surface area contributed by atoms with Gasteiger partial charge in [-0.25, -0.2) is 4.98 Å². The van der Waals surface area contributed by atoms with E-state index in [0.29, 0.717) is 36.1 Å². The van der Waals surface area contributed by atoms with Crippen molar-refractivity contribution < 1.29 is 19.4 Å². The Morgan fingerprint density at radius 3 is 2.51 bits per heavy atom. The second-order valence-corrected chi connectivity index (χ2v) is 8.86. The fourth-order valence-corrected chi connectivity index (χ4v) is 4.75. The van der Waals surface area contributed by atoms with Gasteiger partial charge in [0.2, 0.25) is 5.75 Å². The number of pyridine rings is 1. The van der Waals surface area contributed by atoms with Crippen LogP contribution in [0.5, 0.6) is 17.2 Å². The number of ether oxygens (including phenoxy) is 2. The summed E-state index contributed by atoms with van der Waals surface area (Å²) in [6, 6.07) is 17.1. The number of nitrogens with one attached hydrogen (secondary N) is 1. The van der Waals surface area contributed by atoms with Gasteiger partial charge in [0.15, 0.2) is 11.5 Å². The van der Waals surface area contributed by atoms with Crippen LogP contribution in [0, 0.1) is 0 Å². The van der Waals surface area contributed by atoms with Crippen LogP contribution in [-0.2, 0) is 6.42 Å². The molecule has 1 aromatic heterocycles. The van der Waals surface area contributed by atoms with E-state index < -0.39 is 0 Å². The largest absolute Gasteiger partial charge is 0.504 e. The van der Waals surface area contributed by atoms with E-state index in [0.717, 1.165) is 43.9 Å². The van der Waals surface area contributed by atoms with Gasteiger partial charge in [-0.1, -0.05) is 24.3 Å². The number of anilines is 2. The second-order valence-electron chi connectivity index (χ2n) is 8.86. The van der Waals surface area contributed by atoms with Gasteiger partial charge in [0, 0.05) is 44.0 Å². The minimum Gasteiger partial charge on any atom is -0.504 e. The lowest BCUT2D eigenvalue weighted by molar-refractivity contribution is 0.102. The average molecular weight is 475 g/mol. The van der Waals surface area contributed by atoms with Crippen LogP contribution in [0.4, 0.5) is 11.5 Å². The molecular formula is C27H30N4O4. The summed E-state index contributed by atoms with van der Waals surface area (Å²) >= 11 is 0. The van der Waals surface area contributed by atoms with Crippen molar-refractivity contribution in [2.24, 2.45) is 0 Å². The summed E-state index contributed by atoms with van der Waals surface area (Å²) in [4.78, 5) is 21.9. The Kier molecular flexibility index (Phi) is 6.72. The summed E-state index contributed by atoms with van der Waals surface area (Å²) in [7, 11) is 0. The molecule has 5 rings (SSSR count). The first-order valence-corrected chi connectivity index (χ1v) is 12.0. The van der Waals surface area contributed by atoms with E-state index in [2.05, 4.69) is 27.0 Å². The molecule has 0 bridgehead atoms. The highest BCUT2D eigenvalue weighted by Gasteiger charge is 2.27. The van der Waals surface area contributed by atoms with Crippen LogP contribution in [0.15, 0.2) is 60.8 Å². The molecule has 1 atom stereocenters. The minimum atomic E-state index is -0.143. The molecule has 8 nitrogen and oxygen atoms in total. The summed E-state index contributed by atoms with van der Waals surface area (Å²) < 4.78 is 11.5. The Morgan fingerprint density at radius 1 is 1.00 bits per heavy atom. The number of fused-ring (bicyclic) bond motifs is 1. The predicted octanol–water partition coefficient (Wildman–Crippen LogP) is 3.56. The van der Waals surface area contributed by atoms with Crippen LogP contribution in [0.3, 0.4) is 0 Å². The molecule has 2 aromatic carbocycles. The maximum atomic E-state index is 12.9. The van der Waals surface area contributed by atoms with Crippen molar-refractivity contribution in [2.45, 2.75) is 19.4 Å². The van der Waals surface area contributed by atoms with Crippen molar-refractivity contribution in [3.8, 4) is 17.2 Å². The highest BCUT2D eigenvalue weighted by molar-refractivity contribution is 6.04. The zero-order valence-corrected chi connectivity index (χ0v) is 19.8. The molecule has 2 N–H and O–H groups in total. The van der Waals surface area contributed by atoms with Crippen LogP contribution >= 0.6 is 0 Å². The van der Waals surface area contributed by atoms with Gasteiger partial charge in [0.05, 0.1) is 5.69 Å². The van der Waals surface area contributed by atoms with Gasteiger partial charge in [0.1, 0.15) is 19.0 Å². The standard InChI is InChI=1S/C27H30N4O4/c1-19(18-20-6-2-3-7-21(20)27(33)29-24-8-4-5-11-28-24)30-12-14-31(15-13-30)22-9-10-23(32)26-25(22)34-16-17-35-26/h2-11,19,32H,12-18H2,1H3,(H,28,29,33)/t19-/m1/s1. The fraction of sp³-hybridized carbons (Fsp3) is 0.333. The number of hydrogen-bond donors (Lipinski definition) is 2. The summed E-state index contributed by atoms with van der Waals surface area (Å²) in [5.41, 5.74) is 2.66. The summed E-state index contributed by atoms with van der Waals surface area (Å²) in [6.45, 7) is 6.59. The molecule has 3 heterocycles. The Labute approximate surface area is 205 Å². The Hall–Kier alpha value is -3.78. The van der Waals surface area contributed by atoms with Crippen LogP contribution in [0.2, 0.25) is 0 Å². The third-order valence-electron chi connectivity index (χ3n) is 6.61. The van der Waals surface area contributed by atoms with Gasteiger partial charge in [-0.3, -0.25) is 9.69 Å². The number of aromatic nitrogens is 1. The number of hydrogen-bond acceptors (Lipinski definition) is 7. The maximum absolute atomic E-state index is 12.9. The Balaban J connectivity index is 1.23. The molecule has 1 fully saturated rings. The topological polar surface area (TPSA) is 87.2 Å². The van der Waals surface area contributed by atoms with Crippen molar-refractivity contribution >= 4 is 17.4 Å². The molecule has 1 saturated heterocycles. The third-order valence-corrected chi connectivity index (χ3v) is 6.61. The number of piperazine rings is 1. The molecule has 2 aliphatic heterocycles. The zero-order valence-electron chi connectivity index (χ0n) is 19.8. The molecule has 0 radical (unpaired) electrons. The first-order chi connectivity index (χ1) is 17.1. The van der Waals surface area contributed by atoms with E-state index in [4.69, 9.17) is 9.47 Å². The van der Waals surface area contributed by atoms with Gasteiger partial charge < -0.3 is 24.8 Å². The first-order valence-electron chi connectivity index (χ1n) is 12.0. The van der Waals surface area contributed by atoms with Crippen LogP contribution in [0.25, 0.3) is 0 Å². The molecule has 35 heavy (non-hydrogen) atoms. The van der Waals surface area contributed by atoms with E-state index in [9.17, 15) is 9.90 Å². The van der Waals surface area contributed by atoms with Gasteiger partial charge >= 0.3 is 0 Å². The first kappa shape index (κ1) is 23.0. The lowest BCUT2D eigenvalue weighted by atomic mass is 9.99. The molecular weight excluding hydrogens is 444 g/mol. The number of carbonyl (C=O) groups excluding carboxylic acids is 1. The zero-order chi connectivity index (χ0) is 24.2. The predicted molar refractivity (Wildman–Crippen MR) is 135 cm³/mol. The van der Waals surface area contributed by atoms with Crippen LogP contribution in [-0.4, -0.2) is 66.3 Å². The Bertz CT molecular complexity index is 1180. The second kappa shape index (κ2) is 10.2. The molecule has 0 aliphatic carbocycles. The highest BCUT2D eigenvalue weighted by atomic mass is 16.6. The average Bonchev–Trinajstić information content (AvgIpc) is 2.90. The fourth-order valence-electron chi connectivity index (χ4n) is 4.75. The molecule has 1 amide bonds. The van der Waals surface area contributed by atoms with Crippen LogP contribution in [0.1, 0.15) is 22.8 Å². The molecule has 0 unspecified atom stereocenters. The summed E-state index contributed by atoms with van der Waals surface area (Å²) in [5, 5.41) is 13.0. The molecule has 8 heteroatoms. The van der Waals surface area contributed by atoms with Gasteiger partial charge in [0.25, 0.3) is 5.91 Å². The van der Waals surface area contributed by atoms with Gasteiger partial charge in [-0.2, -0.15) is 0 Å². The number of amides is 1. The number of phenols is 1. The molecule has 3 aromatic rings. The summed E-state index contributed by atoms with van der Waals surface area (Å²) in [5.74, 6) is 1.58. The molecule has 2 aliphatic rings. The van der Waals surface area contributed by atoms with Crippen molar-refractivity contribution in [1.29, 1.82) is 0 Å². The number of phenolic OH excluding ortho intramolecular Hbond substituents is 1. The number of nitrogens with zero attached hydrogens (tertiary/aromatic N) is 3. The monoisotopic (exact) mass is 474 g/mol. The number of carbonyl (C=O) groups is 1. The number of benzene rings is 2. The quantitative estimate of drug-likeness (QED) is 0.565. The van der Waals surface area contributed by atoms with Gasteiger partial charge in [-0.05, 0) is 49.2 Å². The van der Waals surface area contributed by atoms with Crippen LogP contribution < -0.4 is 19.7 Å². The van der Waals surface area contributed by atoms with E-state index in [-0.39, 0.29) is 17.7 Å². The van der Waals surface area contributed by atoms with Crippen molar-refractivity contribution in [3.05, 3.63) is 71.9 Å². The summed E-state index contributed by atoms with van der Waals surface area (Å²) in [6.07, 6.45) is 2.44. The highest BCUT2D eigenvalue weighted by Crippen LogP contribution is 2.45. The molecule has 0 saturated carbocycles. The number of aromatic hydroxyl groups is 1. The molecule has 0 spiro atoms. The van der Waals surface area contributed by atoms with E-state index in [1.54, 1.807) is 18.3 Å². The van der Waals surface area contributed by atoms with Crippen molar-refractivity contribution in [3.63, 3.8) is 0 Å². The van der Waals surface area contributed by atoms with Crippen molar-refractivity contribution in [2.75, 3.05) is 49.6 Å². The van der Waals surface area contributed by atoms with Gasteiger partial charge in [-0.15, -0.1) is 0 Å². The number of rotatable bonds is 6. The SMILES string of the molecule is C[C@H](Cc1ccccc1C(=O)Nc1ccccn1)N1CCN(c2ccc(O)c3c2OCCO3)CC1. The Morgan fingerprint density at radius 2 is 1.74 bits per heavy atom. The maximum Gasteiger partial charge on any atom is 0.257 e. The minimum absolute atomic E-state index is 0.112. The van der Waals surface area contributed by atoms with Crippen molar-refractivity contribution in [1.82, 2.24) is 9.88 Å². The normalized spacial score (nSPS) is 16.5. The lowest BCUT2D eigenvalue weighted by Crippen LogP contribution is -2.50. The van der Waals surface area contributed by atoms with E-state index >= 15 is 0 Å². The smallest absolute Gasteiger partial charge is 0.257 e. The third kappa shape index (κ3) is 5.02. The molecule has 182 valence electrons.